The van der Waals surface area contributed by atoms with Crippen LogP contribution in [-0.4, -0.2) is 24.3 Å². The molecule has 0 saturated heterocycles. The predicted octanol–water partition coefficient (Wildman–Crippen LogP) is 4.05. The zero-order valence-electron chi connectivity index (χ0n) is 12.6. The number of unbranched alkanes of at least 4 members (excludes halogenated alkanes) is 2. The van der Waals surface area contributed by atoms with E-state index in [9.17, 15) is 9.90 Å². The zero-order valence-corrected chi connectivity index (χ0v) is 12.6. The first-order chi connectivity index (χ1) is 9.60. The lowest BCUT2D eigenvalue weighted by atomic mass is 10.1. The summed E-state index contributed by atoms with van der Waals surface area (Å²) in [5.74, 6) is 0.210. The number of carbonyl (C=O) groups is 1. The van der Waals surface area contributed by atoms with E-state index in [2.05, 4.69) is 13.8 Å². The van der Waals surface area contributed by atoms with Gasteiger partial charge in [0.05, 0.1) is 18.8 Å². The van der Waals surface area contributed by atoms with Crippen molar-refractivity contribution in [2.24, 2.45) is 0 Å². The molecule has 0 radical (unpaired) electrons. The van der Waals surface area contributed by atoms with Crippen LogP contribution < -0.4 is 9.47 Å². The molecule has 1 aromatic carbocycles. The third-order valence-electron chi connectivity index (χ3n) is 3.09. The number of hydrogen-bond acceptors (Lipinski definition) is 3. The molecule has 0 aliphatic carbocycles. The molecule has 20 heavy (non-hydrogen) atoms. The number of rotatable bonds is 9. The van der Waals surface area contributed by atoms with Crippen molar-refractivity contribution < 1.29 is 19.4 Å². The predicted molar refractivity (Wildman–Crippen MR) is 78.9 cm³/mol. The Kier molecular flexibility index (Phi) is 6.91. The molecular formula is C16H24O4. The van der Waals surface area contributed by atoms with Crippen LogP contribution >= 0.6 is 0 Å². The molecule has 0 spiro atoms. The van der Waals surface area contributed by atoms with Crippen molar-refractivity contribution in [2.45, 2.75) is 46.5 Å². The first kappa shape index (κ1) is 16.3. The lowest BCUT2D eigenvalue weighted by Crippen LogP contribution is -2.06. The minimum absolute atomic E-state index is 0.241. The fourth-order valence-corrected chi connectivity index (χ4v) is 1.78. The second kappa shape index (κ2) is 8.46. The molecule has 0 aliphatic rings. The van der Waals surface area contributed by atoms with Gasteiger partial charge in [-0.15, -0.1) is 0 Å². The molecule has 0 heterocycles. The minimum atomic E-state index is -0.955. The standard InChI is InChI=1S/C16H24O4/c1-4-6-8-19-13-10-14(16(17)18)12(3)15(11-13)20-9-7-5-2/h10-11H,4-9H2,1-3H3,(H,17,18). The molecule has 0 amide bonds. The number of ether oxygens (including phenoxy) is 2. The van der Waals surface area contributed by atoms with Crippen molar-refractivity contribution in [3.05, 3.63) is 23.3 Å². The van der Waals surface area contributed by atoms with Gasteiger partial charge in [0, 0.05) is 11.6 Å². The fraction of sp³-hybridized carbons (Fsp3) is 0.562. The van der Waals surface area contributed by atoms with Crippen LogP contribution in [0.2, 0.25) is 0 Å². The summed E-state index contributed by atoms with van der Waals surface area (Å²) in [7, 11) is 0. The number of carboxylic acids is 1. The molecule has 0 unspecified atom stereocenters. The Morgan fingerprint density at radius 2 is 1.70 bits per heavy atom. The maximum absolute atomic E-state index is 11.3. The third kappa shape index (κ3) is 4.76. The minimum Gasteiger partial charge on any atom is -0.493 e. The largest absolute Gasteiger partial charge is 0.493 e. The highest BCUT2D eigenvalue weighted by Gasteiger charge is 2.14. The topological polar surface area (TPSA) is 55.8 Å². The summed E-state index contributed by atoms with van der Waals surface area (Å²) in [5.41, 5.74) is 0.891. The summed E-state index contributed by atoms with van der Waals surface area (Å²) in [6.45, 7) is 7.12. The molecule has 0 fully saturated rings. The van der Waals surface area contributed by atoms with E-state index in [1.165, 1.54) is 0 Å². The Bertz CT molecular complexity index is 440. The van der Waals surface area contributed by atoms with Gasteiger partial charge in [-0.05, 0) is 25.8 Å². The lowest BCUT2D eigenvalue weighted by Gasteiger charge is -2.14. The first-order valence-corrected chi connectivity index (χ1v) is 7.23. The summed E-state index contributed by atoms with van der Waals surface area (Å²) in [6.07, 6.45) is 3.97. The molecule has 0 aromatic heterocycles. The highest BCUT2D eigenvalue weighted by molar-refractivity contribution is 5.90. The van der Waals surface area contributed by atoms with E-state index >= 15 is 0 Å². The van der Waals surface area contributed by atoms with Crippen LogP contribution in [0.15, 0.2) is 12.1 Å². The van der Waals surface area contributed by atoms with Crippen molar-refractivity contribution in [3.8, 4) is 11.5 Å². The third-order valence-corrected chi connectivity index (χ3v) is 3.09. The van der Waals surface area contributed by atoms with E-state index in [1.807, 2.05) is 0 Å². The average molecular weight is 280 g/mol. The second-order valence-corrected chi connectivity index (χ2v) is 4.80. The Hall–Kier alpha value is -1.71. The van der Waals surface area contributed by atoms with Gasteiger partial charge in [0.2, 0.25) is 0 Å². The van der Waals surface area contributed by atoms with Gasteiger partial charge in [-0.3, -0.25) is 0 Å². The Morgan fingerprint density at radius 3 is 2.25 bits per heavy atom. The molecule has 1 rings (SSSR count). The van der Waals surface area contributed by atoms with Crippen molar-refractivity contribution in [2.75, 3.05) is 13.2 Å². The average Bonchev–Trinajstić information content (AvgIpc) is 2.42. The van der Waals surface area contributed by atoms with Gasteiger partial charge in [0.1, 0.15) is 11.5 Å². The van der Waals surface area contributed by atoms with Gasteiger partial charge in [-0.2, -0.15) is 0 Å². The molecule has 0 bridgehead atoms. The highest BCUT2D eigenvalue weighted by atomic mass is 16.5. The van der Waals surface area contributed by atoms with Crippen molar-refractivity contribution in [1.29, 1.82) is 0 Å². The van der Waals surface area contributed by atoms with Crippen LogP contribution in [0.4, 0.5) is 0 Å². The quantitative estimate of drug-likeness (QED) is 0.693. The van der Waals surface area contributed by atoms with Crippen LogP contribution in [-0.2, 0) is 0 Å². The smallest absolute Gasteiger partial charge is 0.336 e. The van der Waals surface area contributed by atoms with Crippen LogP contribution in [0.25, 0.3) is 0 Å². The normalized spacial score (nSPS) is 10.3. The highest BCUT2D eigenvalue weighted by Crippen LogP contribution is 2.29. The molecule has 0 aliphatic heterocycles. The number of carboxylic acid groups (broad SMARTS) is 1. The Morgan fingerprint density at radius 1 is 1.10 bits per heavy atom. The molecule has 4 nitrogen and oxygen atoms in total. The summed E-state index contributed by atoms with van der Waals surface area (Å²) in [6, 6.07) is 3.35. The summed E-state index contributed by atoms with van der Waals surface area (Å²) in [4.78, 5) is 11.3. The lowest BCUT2D eigenvalue weighted by molar-refractivity contribution is 0.0695. The van der Waals surface area contributed by atoms with Crippen LogP contribution in [0.3, 0.4) is 0 Å². The van der Waals surface area contributed by atoms with E-state index < -0.39 is 5.97 Å². The number of hydrogen-bond donors (Lipinski definition) is 1. The van der Waals surface area contributed by atoms with E-state index in [0.29, 0.717) is 30.3 Å². The first-order valence-electron chi connectivity index (χ1n) is 7.23. The number of aromatic carboxylic acids is 1. The monoisotopic (exact) mass is 280 g/mol. The molecule has 112 valence electrons. The fourth-order valence-electron chi connectivity index (χ4n) is 1.78. The van der Waals surface area contributed by atoms with E-state index in [1.54, 1.807) is 19.1 Å². The summed E-state index contributed by atoms with van der Waals surface area (Å²) >= 11 is 0. The molecule has 1 aromatic rings. The Labute approximate surface area is 120 Å². The maximum Gasteiger partial charge on any atom is 0.336 e. The van der Waals surface area contributed by atoms with Crippen LogP contribution in [0, 0.1) is 6.92 Å². The van der Waals surface area contributed by atoms with E-state index in [4.69, 9.17) is 9.47 Å². The SMILES string of the molecule is CCCCOc1cc(OCCCC)c(C)c(C(=O)O)c1. The molecular weight excluding hydrogens is 256 g/mol. The molecule has 0 atom stereocenters. The van der Waals surface area contributed by atoms with Crippen LogP contribution in [0.5, 0.6) is 11.5 Å². The molecule has 1 N–H and O–H groups in total. The Balaban J connectivity index is 2.92. The summed E-state index contributed by atoms with van der Waals surface area (Å²) < 4.78 is 11.3. The van der Waals surface area contributed by atoms with Gasteiger partial charge < -0.3 is 14.6 Å². The maximum atomic E-state index is 11.3. The number of benzene rings is 1. The van der Waals surface area contributed by atoms with Crippen LogP contribution in [0.1, 0.15) is 55.5 Å². The van der Waals surface area contributed by atoms with Crippen molar-refractivity contribution in [1.82, 2.24) is 0 Å². The van der Waals surface area contributed by atoms with Gasteiger partial charge in [0.25, 0.3) is 0 Å². The van der Waals surface area contributed by atoms with Crippen molar-refractivity contribution in [3.63, 3.8) is 0 Å². The van der Waals surface area contributed by atoms with Gasteiger partial charge in [-0.25, -0.2) is 4.79 Å². The van der Waals surface area contributed by atoms with E-state index in [-0.39, 0.29) is 5.56 Å². The van der Waals surface area contributed by atoms with Gasteiger partial charge in [-0.1, -0.05) is 26.7 Å². The second-order valence-electron chi connectivity index (χ2n) is 4.80. The summed E-state index contributed by atoms with van der Waals surface area (Å²) in [5, 5.41) is 9.25. The van der Waals surface area contributed by atoms with Gasteiger partial charge in [0.15, 0.2) is 0 Å². The van der Waals surface area contributed by atoms with E-state index in [0.717, 1.165) is 25.7 Å². The van der Waals surface area contributed by atoms with Crippen molar-refractivity contribution >= 4 is 5.97 Å². The van der Waals surface area contributed by atoms with Gasteiger partial charge >= 0.3 is 5.97 Å². The molecule has 4 heteroatoms. The molecule has 0 saturated carbocycles. The zero-order chi connectivity index (χ0) is 15.0.